The first kappa shape index (κ1) is 31.7. The Balaban J connectivity index is 1.37. The molecule has 10 nitrogen and oxygen atoms in total. The number of hydrogen-bond donors (Lipinski definition) is 3. The Kier molecular flexibility index (Phi) is 11.7. The van der Waals surface area contributed by atoms with Crippen LogP contribution < -0.4 is 20.3 Å². The molecule has 0 aliphatic carbocycles. The molecule has 4 rings (SSSR count). The van der Waals surface area contributed by atoms with Crippen molar-refractivity contribution >= 4 is 35.1 Å². The monoisotopic (exact) mass is 592 g/mol. The van der Waals surface area contributed by atoms with Gasteiger partial charge < -0.3 is 25.4 Å². The number of aryl methyl sites for hydroxylation is 1. The maximum Gasteiger partial charge on any atom is 0.417 e. The molecule has 0 spiro atoms. The molecule has 2 aromatic carbocycles. The Bertz CT molecular complexity index is 1370. The number of halogens is 1. The number of benzene rings is 2. The summed E-state index contributed by atoms with van der Waals surface area (Å²) in [5, 5.41) is 15.9. The second-order valence-corrected chi connectivity index (χ2v) is 10.8. The van der Waals surface area contributed by atoms with Gasteiger partial charge in [-0.05, 0) is 81.9 Å². The van der Waals surface area contributed by atoms with Gasteiger partial charge in [-0.15, -0.1) is 0 Å². The molecule has 1 aromatic heterocycles. The summed E-state index contributed by atoms with van der Waals surface area (Å²) in [6.07, 6.45) is 6.39. The van der Waals surface area contributed by atoms with E-state index >= 15 is 0 Å². The van der Waals surface area contributed by atoms with Crippen molar-refractivity contribution in [3.63, 3.8) is 0 Å². The minimum absolute atomic E-state index is 0.0507. The predicted octanol–water partition coefficient (Wildman–Crippen LogP) is 6.28. The molecule has 11 heteroatoms. The van der Waals surface area contributed by atoms with Crippen LogP contribution in [0.5, 0.6) is 5.75 Å². The highest BCUT2D eigenvalue weighted by molar-refractivity contribution is 5.93. The van der Waals surface area contributed by atoms with Gasteiger partial charge in [-0.1, -0.05) is 25.5 Å². The summed E-state index contributed by atoms with van der Waals surface area (Å²) < 4.78 is 20.4. The molecule has 1 aliphatic heterocycles. The summed E-state index contributed by atoms with van der Waals surface area (Å²) in [6.45, 7) is 7.57. The Hall–Kier alpha value is -4.25. The van der Waals surface area contributed by atoms with Gasteiger partial charge in [0, 0.05) is 43.0 Å². The lowest BCUT2D eigenvalue weighted by molar-refractivity contribution is -0.121. The summed E-state index contributed by atoms with van der Waals surface area (Å²) in [4.78, 5) is 36.5. The van der Waals surface area contributed by atoms with Gasteiger partial charge in [-0.3, -0.25) is 4.79 Å². The van der Waals surface area contributed by atoms with E-state index in [1.807, 2.05) is 19.9 Å². The molecule has 1 aliphatic rings. The molecule has 43 heavy (non-hydrogen) atoms. The number of rotatable bonds is 14. The Labute approximate surface area is 252 Å². The van der Waals surface area contributed by atoms with Gasteiger partial charge in [-0.25, -0.2) is 19.1 Å². The molecule has 3 N–H and O–H groups in total. The van der Waals surface area contributed by atoms with Crippen molar-refractivity contribution in [2.45, 2.75) is 64.8 Å². The van der Waals surface area contributed by atoms with Crippen LogP contribution in [0.4, 0.5) is 32.3 Å². The van der Waals surface area contributed by atoms with E-state index in [0.717, 1.165) is 42.9 Å². The van der Waals surface area contributed by atoms with Crippen molar-refractivity contribution in [2.24, 2.45) is 0 Å². The molecule has 2 heterocycles. The fourth-order valence-corrected chi connectivity index (χ4v) is 4.91. The van der Waals surface area contributed by atoms with Crippen molar-refractivity contribution < 1.29 is 23.8 Å². The zero-order valence-corrected chi connectivity index (χ0v) is 24.9. The summed E-state index contributed by atoms with van der Waals surface area (Å²) in [7, 11) is 0. The number of likely N-dealkylation sites (tertiary alicyclic amines) is 1. The molecule has 230 valence electrons. The quantitative estimate of drug-likeness (QED) is 0.187. The van der Waals surface area contributed by atoms with Gasteiger partial charge in [0.15, 0.2) is 11.6 Å². The minimum Gasteiger partial charge on any atom is -0.490 e. The number of carboxylic acid groups (broad SMARTS) is 1. The number of carbonyl (C=O) groups is 2. The smallest absolute Gasteiger partial charge is 0.417 e. The zero-order valence-electron chi connectivity index (χ0n) is 24.9. The predicted molar refractivity (Wildman–Crippen MR) is 165 cm³/mol. The van der Waals surface area contributed by atoms with E-state index < -0.39 is 11.9 Å². The molecular formula is C32H41FN6O4. The van der Waals surface area contributed by atoms with Crippen LogP contribution in [-0.2, 0) is 11.2 Å². The van der Waals surface area contributed by atoms with Crippen molar-refractivity contribution in [1.29, 1.82) is 0 Å². The Morgan fingerprint density at radius 1 is 1.14 bits per heavy atom. The van der Waals surface area contributed by atoms with Crippen molar-refractivity contribution in [3.05, 3.63) is 66.1 Å². The first-order chi connectivity index (χ1) is 20.8. The van der Waals surface area contributed by atoms with Crippen LogP contribution >= 0.6 is 0 Å². The normalized spacial score (nSPS) is 14.1. The highest BCUT2D eigenvalue weighted by Crippen LogP contribution is 2.27. The van der Waals surface area contributed by atoms with Crippen molar-refractivity contribution in [2.75, 3.05) is 36.5 Å². The Morgan fingerprint density at radius 3 is 2.70 bits per heavy atom. The fraction of sp³-hybridized carbons (Fsp3) is 0.438. The molecule has 1 saturated heterocycles. The lowest BCUT2D eigenvalue weighted by Crippen LogP contribution is -2.32. The topological polar surface area (TPSA) is 120 Å². The fourth-order valence-electron chi connectivity index (χ4n) is 4.91. The third-order valence-corrected chi connectivity index (χ3v) is 7.40. The van der Waals surface area contributed by atoms with E-state index in [0.29, 0.717) is 30.8 Å². The third-order valence-electron chi connectivity index (χ3n) is 7.40. The Morgan fingerprint density at radius 2 is 1.95 bits per heavy atom. The number of nitrogens with one attached hydrogen (secondary N) is 2. The van der Waals surface area contributed by atoms with Crippen molar-refractivity contribution in [3.8, 4) is 5.75 Å². The molecule has 0 bridgehead atoms. The van der Waals surface area contributed by atoms with E-state index in [-0.39, 0.29) is 29.5 Å². The molecule has 3 aromatic rings. The van der Waals surface area contributed by atoms with Crippen molar-refractivity contribution in [1.82, 2.24) is 20.2 Å². The largest absolute Gasteiger partial charge is 0.490 e. The minimum atomic E-state index is -1.23. The average Bonchev–Trinajstić information content (AvgIpc) is 3.00. The summed E-state index contributed by atoms with van der Waals surface area (Å²) in [5.41, 5.74) is 1.60. The van der Waals surface area contributed by atoms with Crippen LogP contribution in [0.3, 0.4) is 0 Å². The van der Waals surface area contributed by atoms with Crippen LogP contribution in [0.2, 0.25) is 0 Å². The van der Waals surface area contributed by atoms with E-state index in [1.165, 1.54) is 37.6 Å². The second kappa shape index (κ2) is 15.8. The van der Waals surface area contributed by atoms with Gasteiger partial charge in [0.1, 0.15) is 5.82 Å². The van der Waals surface area contributed by atoms with E-state index in [9.17, 15) is 19.1 Å². The molecule has 0 radical (unpaired) electrons. The lowest BCUT2D eigenvalue weighted by atomic mass is 10.1. The maximum atomic E-state index is 14.8. The highest BCUT2D eigenvalue weighted by Gasteiger charge is 2.20. The number of anilines is 4. The maximum absolute atomic E-state index is 14.8. The number of amides is 2. The van der Waals surface area contributed by atoms with E-state index in [1.54, 1.807) is 30.3 Å². The summed E-state index contributed by atoms with van der Waals surface area (Å²) in [5.74, 6) is -0.165. The number of nitrogens with zero attached hydrogens (tertiary/aromatic N) is 4. The van der Waals surface area contributed by atoms with Crippen LogP contribution in [0.15, 0.2) is 54.7 Å². The van der Waals surface area contributed by atoms with E-state index in [2.05, 4.69) is 25.5 Å². The first-order valence-corrected chi connectivity index (χ1v) is 15.0. The second-order valence-electron chi connectivity index (χ2n) is 10.8. The van der Waals surface area contributed by atoms with Gasteiger partial charge in [0.25, 0.3) is 0 Å². The number of carbonyl (C=O) groups excluding carboxylic acids is 1. The lowest BCUT2D eigenvalue weighted by Gasteiger charge is -2.26. The molecule has 0 saturated carbocycles. The van der Waals surface area contributed by atoms with Gasteiger partial charge in [0.2, 0.25) is 11.9 Å². The molecular weight excluding hydrogens is 551 g/mol. The van der Waals surface area contributed by atoms with Crippen LogP contribution in [-0.4, -0.2) is 64.3 Å². The molecule has 2 amide bonds. The molecule has 1 atom stereocenters. The standard InChI is InChI=1S/C32H41FN6O4/c1-3-23(2)35-30(40)14-11-24-9-7-10-26(21-24)39(32(41)42)29-15-16-34-31(37-29)36-25-12-13-28(27(33)22-25)43-20-8-19-38-17-5-4-6-18-38/h7,9-10,12-13,15-16,21-23H,3-6,8,11,14,17-20H2,1-2H3,(H,35,40)(H,41,42)(H,34,36,37). The number of aromatic nitrogens is 2. The van der Waals surface area contributed by atoms with Crippen LogP contribution in [0, 0.1) is 5.82 Å². The van der Waals surface area contributed by atoms with Crippen LogP contribution in [0.1, 0.15) is 57.9 Å². The van der Waals surface area contributed by atoms with Gasteiger partial charge >= 0.3 is 6.09 Å². The number of piperidine rings is 1. The number of hydrogen-bond acceptors (Lipinski definition) is 7. The molecule has 1 fully saturated rings. The van der Waals surface area contributed by atoms with Gasteiger partial charge in [0.05, 0.1) is 12.3 Å². The number of ether oxygens (including phenoxy) is 1. The average molecular weight is 593 g/mol. The highest BCUT2D eigenvalue weighted by atomic mass is 19.1. The third kappa shape index (κ3) is 9.64. The van der Waals surface area contributed by atoms with Crippen LogP contribution in [0.25, 0.3) is 0 Å². The SMILES string of the molecule is CCC(C)NC(=O)CCc1cccc(N(C(=O)O)c2ccnc(Nc3ccc(OCCCN4CCCCC4)c(F)c3)n2)c1. The zero-order chi connectivity index (χ0) is 30.6. The summed E-state index contributed by atoms with van der Waals surface area (Å²) in [6, 6.07) is 13.1. The van der Waals surface area contributed by atoms with E-state index in [4.69, 9.17) is 4.74 Å². The summed E-state index contributed by atoms with van der Waals surface area (Å²) >= 11 is 0. The van der Waals surface area contributed by atoms with Gasteiger partial charge in [-0.2, -0.15) is 4.98 Å². The first-order valence-electron chi connectivity index (χ1n) is 15.0. The molecule has 1 unspecified atom stereocenters.